The van der Waals surface area contributed by atoms with Gasteiger partial charge in [0.15, 0.2) is 0 Å². The second-order valence-electron chi connectivity index (χ2n) is 4.24. The summed E-state index contributed by atoms with van der Waals surface area (Å²) in [6, 6.07) is 7.62. The minimum absolute atomic E-state index is 0.0895. The first-order chi connectivity index (χ1) is 9.27. The van der Waals surface area contributed by atoms with E-state index in [0.29, 0.717) is 17.8 Å². The van der Waals surface area contributed by atoms with Crippen molar-refractivity contribution >= 4 is 16.6 Å². The highest BCUT2D eigenvalue weighted by atomic mass is 16.3. The zero-order valence-corrected chi connectivity index (χ0v) is 10.4. The summed E-state index contributed by atoms with van der Waals surface area (Å²) in [7, 11) is 0. The molecule has 0 amide bonds. The minimum Gasteiger partial charge on any atom is -0.305 e. The first-order valence-electron chi connectivity index (χ1n) is 6.04. The predicted molar refractivity (Wildman–Crippen MR) is 72.1 cm³/mol. The SMILES string of the molecule is CCn1c(=O)c2c(CN=O)ncn2c2ccccc21. The molecule has 0 radical (unpaired) electrons. The van der Waals surface area contributed by atoms with Gasteiger partial charge >= 0.3 is 0 Å². The number of aromatic nitrogens is 3. The Kier molecular flexibility index (Phi) is 2.63. The summed E-state index contributed by atoms with van der Waals surface area (Å²) in [6.07, 6.45) is 1.57. The summed E-state index contributed by atoms with van der Waals surface area (Å²) >= 11 is 0. The van der Waals surface area contributed by atoms with E-state index in [0.717, 1.165) is 11.0 Å². The van der Waals surface area contributed by atoms with Crippen LogP contribution in [0.4, 0.5) is 0 Å². The third-order valence-electron chi connectivity index (χ3n) is 3.25. The molecule has 0 aliphatic heterocycles. The molecule has 0 aliphatic rings. The van der Waals surface area contributed by atoms with Crippen LogP contribution in [0.2, 0.25) is 0 Å². The van der Waals surface area contributed by atoms with Crippen LogP contribution < -0.4 is 5.56 Å². The van der Waals surface area contributed by atoms with Crippen LogP contribution in [0.5, 0.6) is 0 Å². The lowest BCUT2D eigenvalue weighted by Crippen LogP contribution is -2.22. The highest BCUT2D eigenvalue weighted by molar-refractivity contribution is 5.79. The molecule has 0 saturated carbocycles. The van der Waals surface area contributed by atoms with Gasteiger partial charge in [-0.1, -0.05) is 17.3 Å². The monoisotopic (exact) mass is 256 g/mol. The van der Waals surface area contributed by atoms with Gasteiger partial charge in [0, 0.05) is 6.54 Å². The van der Waals surface area contributed by atoms with E-state index in [1.807, 2.05) is 31.2 Å². The maximum absolute atomic E-state index is 12.5. The number of para-hydroxylation sites is 2. The molecule has 0 N–H and O–H groups in total. The van der Waals surface area contributed by atoms with Crippen LogP contribution >= 0.6 is 0 Å². The van der Waals surface area contributed by atoms with Crippen LogP contribution in [0, 0.1) is 4.91 Å². The Morgan fingerprint density at radius 2 is 2.00 bits per heavy atom. The third kappa shape index (κ3) is 1.56. The van der Waals surface area contributed by atoms with E-state index in [2.05, 4.69) is 10.2 Å². The van der Waals surface area contributed by atoms with Crippen LogP contribution in [0.15, 0.2) is 40.6 Å². The lowest BCUT2D eigenvalue weighted by atomic mass is 10.2. The summed E-state index contributed by atoms with van der Waals surface area (Å²) in [6.45, 7) is 2.39. The van der Waals surface area contributed by atoms with Crippen molar-refractivity contribution in [2.45, 2.75) is 20.0 Å². The zero-order chi connectivity index (χ0) is 13.4. The van der Waals surface area contributed by atoms with E-state index in [4.69, 9.17) is 0 Å². The molecule has 3 aromatic rings. The smallest absolute Gasteiger partial charge is 0.277 e. The maximum atomic E-state index is 12.5. The van der Waals surface area contributed by atoms with Crippen molar-refractivity contribution < 1.29 is 0 Å². The molecule has 2 heterocycles. The number of nitroso groups, excluding NO2 is 1. The molecule has 96 valence electrons. The highest BCUT2D eigenvalue weighted by Gasteiger charge is 2.14. The largest absolute Gasteiger partial charge is 0.305 e. The molecule has 0 atom stereocenters. The average Bonchev–Trinajstić information content (AvgIpc) is 2.84. The first-order valence-corrected chi connectivity index (χ1v) is 6.04. The Balaban J connectivity index is 2.56. The van der Waals surface area contributed by atoms with Crippen molar-refractivity contribution in [3.8, 4) is 0 Å². The van der Waals surface area contributed by atoms with E-state index in [9.17, 15) is 9.70 Å². The Morgan fingerprint density at radius 3 is 2.68 bits per heavy atom. The Labute approximate surface area is 108 Å². The van der Waals surface area contributed by atoms with Crippen molar-refractivity contribution in [2.75, 3.05) is 0 Å². The Hall–Kier alpha value is -2.50. The molecule has 0 spiro atoms. The normalized spacial score (nSPS) is 11.2. The van der Waals surface area contributed by atoms with Gasteiger partial charge in [-0.2, -0.15) is 4.91 Å². The number of hydrogen-bond acceptors (Lipinski definition) is 4. The molecule has 0 aliphatic carbocycles. The standard InChI is InChI=1S/C13H12N4O2/c1-2-16-10-5-3-4-6-11(10)17-8-14-9(7-15-19)12(17)13(16)18/h3-6,8H,2,7H2,1H3. The molecule has 19 heavy (non-hydrogen) atoms. The van der Waals surface area contributed by atoms with E-state index < -0.39 is 0 Å². The van der Waals surface area contributed by atoms with Crippen LogP contribution in [-0.4, -0.2) is 14.0 Å². The van der Waals surface area contributed by atoms with E-state index in [-0.39, 0.29) is 12.1 Å². The van der Waals surface area contributed by atoms with Gasteiger partial charge in [0.25, 0.3) is 5.56 Å². The maximum Gasteiger partial charge on any atom is 0.277 e. The Bertz CT molecular complexity index is 832. The van der Waals surface area contributed by atoms with Crippen molar-refractivity contribution in [1.82, 2.24) is 14.0 Å². The van der Waals surface area contributed by atoms with E-state index in [1.54, 1.807) is 15.3 Å². The number of imidazole rings is 1. The molecule has 0 bridgehead atoms. The highest BCUT2D eigenvalue weighted by Crippen LogP contribution is 2.16. The lowest BCUT2D eigenvalue weighted by molar-refractivity contribution is 0.758. The summed E-state index contributed by atoms with van der Waals surface area (Å²) < 4.78 is 3.41. The molecule has 3 rings (SSSR count). The second kappa shape index (κ2) is 4.31. The predicted octanol–water partition coefficient (Wildman–Crippen LogP) is 1.94. The quantitative estimate of drug-likeness (QED) is 0.672. The first kappa shape index (κ1) is 11.6. The van der Waals surface area contributed by atoms with Crippen LogP contribution in [0.3, 0.4) is 0 Å². The fraction of sp³-hybridized carbons (Fsp3) is 0.231. The van der Waals surface area contributed by atoms with Crippen LogP contribution in [0.25, 0.3) is 16.6 Å². The third-order valence-corrected chi connectivity index (χ3v) is 3.25. The van der Waals surface area contributed by atoms with Gasteiger partial charge in [0.1, 0.15) is 18.4 Å². The van der Waals surface area contributed by atoms with E-state index in [1.165, 1.54) is 0 Å². The van der Waals surface area contributed by atoms with Gasteiger partial charge < -0.3 is 4.57 Å². The van der Waals surface area contributed by atoms with Gasteiger partial charge in [-0.3, -0.25) is 9.20 Å². The van der Waals surface area contributed by atoms with Gasteiger partial charge in [-0.15, -0.1) is 0 Å². The number of aryl methyl sites for hydroxylation is 1. The van der Waals surface area contributed by atoms with Gasteiger partial charge in [-0.25, -0.2) is 4.98 Å². The zero-order valence-electron chi connectivity index (χ0n) is 10.4. The number of nitrogens with zero attached hydrogens (tertiary/aromatic N) is 4. The number of hydrogen-bond donors (Lipinski definition) is 0. The number of benzene rings is 1. The molecule has 6 heteroatoms. The van der Waals surface area contributed by atoms with Gasteiger partial charge in [0.2, 0.25) is 0 Å². The van der Waals surface area contributed by atoms with Crippen molar-refractivity contribution in [1.29, 1.82) is 0 Å². The summed E-state index contributed by atoms with van der Waals surface area (Å²) in [5, 5.41) is 2.83. The average molecular weight is 256 g/mol. The molecule has 0 unspecified atom stereocenters. The molecule has 0 fully saturated rings. The minimum atomic E-state index is -0.141. The molecule has 6 nitrogen and oxygen atoms in total. The molecular formula is C13H12N4O2. The van der Waals surface area contributed by atoms with Crippen LogP contribution in [-0.2, 0) is 13.1 Å². The van der Waals surface area contributed by atoms with Crippen LogP contribution in [0.1, 0.15) is 12.6 Å². The van der Waals surface area contributed by atoms with E-state index >= 15 is 0 Å². The van der Waals surface area contributed by atoms with Gasteiger partial charge in [-0.05, 0) is 19.1 Å². The topological polar surface area (TPSA) is 68.7 Å². The fourth-order valence-electron chi connectivity index (χ4n) is 2.42. The molecule has 1 aromatic carbocycles. The van der Waals surface area contributed by atoms with Crippen molar-refractivity contribution in [3.05, 3.63) is 51.5 Å². The number of fused-ring (bicyclic) bond motifs is 3. The Morgan fingerprint density at radius 1 is 1.26 bits per heavy atom. The molecule has 0 saturated heterocycles. The summed E-state index contributed by atoms with van der Waals surface area (Å²) in [4.78, 5) is 27.1. The lowest BCUT2D eigenvalue weighted by Gasteiger charge is -2.10. The number of rotatable bonds is 3. The second-order valence-corrected chi connectivity index (χ2v) is 4.24. The van der Waals surface area contributed by atoms with Crippen molar-refractivity contribution in [3.63, 3.8) is 0 Å². The van der Waals surface area contributed by atoms with Gasteiger partial charge in [0.05, 0.1) is 16.7 Å². The summed E-state index contributed by atoms with van der Waals surface area (Å²) in [5.74, 6) is 0. The summed E-state index contributed by atoms with van der Waals surface area (Å²) in [5.41, 5.74) is 2.46. The molecular weight excluding hydrogens is 244 g/mol. The molecule has 2 aromatic heterocycles. The van der Waals surface area contributed by atoms with Crippen molar-refractivity contribution in [2.24, 2.45) is 5.18 Å². The fourth-order valence-corrected chi connectivity index (χ4v) is 2.42.